The number of carbonyl (C=O) groups is 1. The van der Waals surface area contributed by atoms with Gasteiger partial charge in [-0.2, -0.15) is 0 Å². The van der Waals surface area contributed by atoms with Gasteiger partial charge in [0, 0.05) is 23.7 Å². The van der Waals surface area contributed by atoms with Crippen molar-refractivity contribution in [2.24, 2.45) is 5.92 Å². The molecule has 1 aromatic carbocycles. The Bertz CT molecular complexity index is 549. The van der Waals surface area contributed by atoms with Crippen LogP contribution in [0.25, 0.3) is 4.91 Å². The molecule has 1 unspecified atom stereocenters. The number of amides is 1. The molecule has 1 amide bonds. The van der Waals surface area contributed by atoms with E-state index in [1.165, 1.54) is 11.3 Å². The van der Waals surface area contributed by atoms with Crippen LogP contribution in [0.2, 0.25) is 0 Å². The lowest BCUT2D eigenvalue weighted by atomic mass is 10.0. The van der Waals surface area contributed by atoms with E-state index >= 15 is 0 Å². The molecule has 3 rings (SSSR count). The molecule has 112 valence electrons. The van der Waals surface area contributed by atoms with Crippen molar-refractivity contribution in [3.05, 3.63) is 35.9 Å². The lowest BCUT2D eigenvalue weighted by Crippen LogP contribution is -2.39. The molecule has 1 aromatic rings. The van der Waals surface area contributed by atoms with Crippen LogP contribution in [0, 0.1) is 5.92 Å². The van der Waals surface area contributed by atoms with Gasteiger partial charge < -0.3 is 9.64 Å². The third kappa shape index (κ3) is 3.26. The van der Waals surface area contributed by atoms with E-state index in [0.717, 1.165) is 43.0 Å². The van der Waals surface area contributed by atoms with E-state index in [2.05, 4.69) is 12.1 Å². The predicted molar refractivity (Wildman–Crippen MR) is 87.4 cm³/mol. The van der Waals surface area contributed by atoms with E-state index in [0.29, 0.717) is 5.91 Å². The largest absolute Gasteiger partial charge is 0.497 e. The summed E-state index contributed by atoms with van der Waals surface area (Å²) in [6.07, 6.45) is 5.70. The number of likely N-dealkylation sites (tertiary alicyclic amines) is 1. The van der Waals surface area contributed by atoms with Crippen molar-refractivity contribution in [2.75, 3.05) is 26.0 Å². The van der Waals surface area contributed by atoms with Crippen molar-refractivity contribution >= 4 is 22.6 Å². The number of piperidine rings is 1. The highest BCUT2D eigenvalue weighted by atomic mass is 32.2. The van der Waals surface area contributed by atoms with E-state index in [-0.39, 0.29) is 5.92 Å². The lowest BCUT2D eigenvalue weighted by molar-refractivity contribution is -0.134. The second kappa shape index (κ2) is 6.56. The molecule has 3 nitrogen and oxygen atoms in total. The highest BCUT2D eigenvalue weighted by Crippen LogP contribution is 2.38. The molecule has 1 fully saturated rings. The van der Waals surface area contributed by atoms with Gasteiger partial charge in [-0.15, -0.1) is 11.8 Å². The zero-order chi connectivity index (χ0) is 14.7. The molecule has 1 saturated heterocycles. The summed E-state index contributed by atoms with van der Waals surface area (Å²) in [5.74, 6) is 2.07. The number of thioether (sulfide) groups is 1. The molecule has 0 saturated carbocycles. The quantitative estimate of drug-likeness (QED) is 0.857. The number of benzene rings is 1. The fraction of sp³-hybridized carbons (Fsp3) is 0.471. The molecule has 0 aliphatic carbocycles. The predicted octanol–water partition coefficient (Wildman–Crippen LogP) is 3.41. The number of nitrogens with zero attached hydrogens (tertiary/aromatic N) is 1. The third-order valence-electron chi connectivity index (χ3n) is 4.11. The van der Waals surface area contributed by atoms with Gasteiger partial charge in [-0.25, -0.2) is 0 Å². The van der Waals surface area contributed by atoms with Gasteiger partial charge in [-0.1, -0.05) is 18.2 Å². The fourth-order valence-corrected chi connectivity index (χ4v) is 4.06. The normalized spacial score (nSPS) is 22.0. The first-order chi connectivity index (χ1) is 10.3. The van der Waals surface area contributed by atoms with Gasteiger partial charge in [0.15, 0.2) is 0 Å². The summed E-state index contributed by atoms with van der Waals surface area (Å²) < 4.78 is 5.27. The molecule has 2 aliphatic rings. The zero-order valence-electron chi connectivity index (χ0n) is 12.4. The minimum absolute atomic E-state index is 0.0364. The van der Waals surface area contributed by atoms with E-state index in [1.807, 2.05) is 23.1 Å². The summed E-state index contributed by atoms with van der Waals surface area (Å²) in [6, 6.07) is 8.05. The molecular weight excluding hydrogens is 282 g/mol. The maximum absolute atomic E-state index is 12.5. The van der Waals surface area contributed by atoms with E-state index in [4.69, 9.17) is 4.74 Å². The molecule has 0 bridgehead atoms. The monoisotopic (exact) mass is 303 g/mol. The average molecular weight is 303 g/mol. The summed E-state index contributed by atoms with van der Waals surface area (Å²) >= 11 is 1.77. The Labute approximate surface area is 130 Å². The Morgan fingerprint density at radius 2 is 2.10 bits per heavy atom. The lowest BCUT2D eigenvalue weighted by Gasteiger charge is -2.28. The number of carbonyl (C=O) groups excluding carboxylic acids is 1. The van der Waals surface area contributed by atoms with Crippen LogP contribution in [-0.4, -0.2) is 36.8 Å². The van der Waals surface area contributed by atoms with E-state index in [1.54, 1.807) is 18.9 Å². The Morgan fingerprint density at radius 1 is 1.29 bits per heavy atom. The fourth-order valence-electron chi connectivity index (χ4n) is 2.91. The van der Waals surface area contributed by atoms with E-state index < -0.39 is 0 Å². The second-order valence-electron chi connectivity index (χ2n) is 5.57. The van der Waals surface area contributed by atoms with Crippen molar-refractivity contribution in [1.29, 1.82) is 0 Å². The van der Waals surface area contributed by atoms with Crippen LogP contribution in [0.5, 0.6) is 5.75 Å². The summed E-state index contributed by atoms with van der Waals surface area (Å²) in [7, 11) is 1.68. The molecule has 2 aliphatic heterocycles. The van der Waals surface area contributed by atoms with Crippen molar-refractivity contribution in [2.45, 2.75) is 19.3 Å². The molecule has 2 heterocycles. The number of hydrogen-bond acceptors (Lipinski definition) is 3. The molecule has 0 N–H and O–H groups in total. The maximum Gasteiger partial charge on any atom is 0.230 e. The van der Waals surface area contributed by atoms with Crippen LogP contribution in [-0.2, 0) is 4.79 Å². The molecule has 0 aromatic heterocycles. The van der Waals surface area contributed by atoms with Gasteiger partial charge in [-0.05, 0) is 37.0 Å². The second-order valence-corrected chi connectivity index (χ2v) is 6.63. The number of rotatable bonds is 3. The smallest absolute Gasteiger partial charge is 0.230 e. The van der Waals surface area contributed by atoms with Crippen LogP contribution < -0.4 is 4.74 Å². The Morgan fingerprint density at radius 3 is 2.86 bits per heavy atom. The van der Waals surface area contributed by atoms with E-state index in [9.17, 15) is 4.79 Å². The summed E-state index contributed by atoms with van der Waals surface area (Å²) in [4.78, 5) is 15.8. The van der Waals surface area contributed by atoms with Crippen molar-refractivity contribution < 1.29 is 9.53 Å². The van der Waals surface area contributed by atoms with Gasteiger partial charge in [-0.3, -0.25) is 4.79 Å². The van der Waals surface area contributed by atoms with Crippen LogP contribution >= 0.6 is 11.8 Å². The highest BCUT2D eigenvalue weighted by molar-refractivity contribution is 8.08. The molecular formula is C17H21NO2S. The van der Waals surface area contributed by atoms with Crippen LogP contribution in [0.4, 0.5) is 0 Å². The van der Waals surface area contributed by atoms with Gasteiger partial charge in [0.2, 0.25) is 5.91 Å². The maximum atomic E-state index is 12.5. The van der Waals surface area contributed by atoms with Crippen molar-refractivity contribution in [3.63, 3.8) is 0 Å². The molecule has 4 heteroatoms. The minimum atomic E-state index is 0.0364. The molecule has 0 radical (unpaired) electrons. The summed E-state index contributed by atoms with van der Waals surface area (Å²) in [5.41, 5.74) is 1.15. The first kappa shape index (κ1) is 14.5. The number of methoxy groups -OCH3 is 1. The minimum Gasteiger partial charge on any atom is -0.497 e. The third-order valence-corrected chi connectivity index (χ3v) is 5.32. The molecule has 21 heavy (non-hydrogen) atoms. The topological polar surface area (TPSA) is 29.5 Å². The van der Waals surface area contributed by atoms with Gasteiger partial charge in [0.1, 0.15) is 5.75 Å². The summed E-state index contributed by atoms with van der Waals surface area (Å²) in [5, 5.41) is 0. The van der Waals surface area contributed by atoms with Gasteiger partial charge in [0.05, 0.1) is 13.0 Å². The molecule has 0 spiro atoms. The first-order valence-corrected chi connectivity index (χ1v) is 8.54. The van der Waals surface area contributed by atoms with Gasteiger partial charge in [0.25, 0.3) is 0 Å². The standard InChI is InChI=1S/C17H21NO2S/c1-20-15-7-5-6-13(10-15)16-11-14(12-21-16)17(19)18-8-3-2-4-9-18/h5-7,10-11,14H,2-4,8-9,12H2,1H3. The Kier molecular flexibility index (Phi) is 4.54. The van der Waals surface area contributed by atoms with Crippen molar-refractivity contribution in [1.82, 2.24) is 4.90 Å². The first-order valence-electron chi connectivity index (χ1n) is 7.56. The molecule has 1 atom stereocenters. The Hall–Kier alpha value is -1.42. The number of ether oxygens (including phenoxy) is 1. The Balaban J connectivity index is 1.72. The average Bonchev–Trinajstić information content (AvgIpc) is 3.05. The van der Waals surface area contributed by atoms with Gasteiger partial charge >= 0.3 is 0 Å². The van der Waals surface area contributed by atoms with Crippen LogP contribution in [0.1, 0.15) is 24.8 Å². The SMILES string of the molecule is COc1cccc(C2=CC(C(=O)N3CCCCC3)CS2)c1. The summed E-state index contributed by atoms with van der Waals surface area (Å²) in [6.45, 7) is 1.87. The highest BCUT2D eigenvalue weighted by Gasteiger charge is 2.28. The number of hydrogen-bond donors (Lipinski definition) is 0. The van der Waals surface area contributed by atoms with Crippen molar-refractivity contribution in [3.8, 4) is 5.75 Å². The van der Waals surface area contributed by atoms with Crippen LogP contribution in [0.15, 0.2) is 30.3 Å². The van der Waals surface area contributed by atoms with Crippen LogP contribution in [0.3, 0.4) is 0 Å². The zero-order valence-corrected chi connectivity index (χ0v) is 13.2.